The zero-order chi connectivity index (χ0) is 15.7. The molecule has 0 saturated heterocycles. The van der Waals surface area contributed by atoms with Crippen LogP contribution in [-0.2, 0) is 4.79 Å². The number of nitrogens with zero attached hydrogens (tertiary/aromatic N) is 1. The lowest BCUT2D eigenvalue weighted by Crippen LogP contribution is -2.24. The first-order valence-electron chi connectivity index (χ1n) is 7.59. The smallest absolute Gasteiger partial charge is 0.150 e. The van der Waals surface area contributed by atoms with Crippen LogP contribution < -0.4 is 4.67 Å². The maximum atomic E-state index is 15.1. The number of rotatable bonds is 3. The molecule has 0 heterocycles. The summed E-state index contributed by atoms with van der Waals surface area (Å²) in [6.45, 7) is 8.20. The molecule has 1 aromatic carbocycles. The fourth-order valence-electron chi connectivity index (χ4n) is 3.22. The van der Waals surface area contributed by atoms with Crippen LogP contribution in [0, 0.1) is 25.6 Å². The quantitative estimate of drug-likeness (QED) is 0.762. The summed E-state index contributed by atoms with van der Waals surface area (Å²) in [7, 11) is 2.44. The van der Waals surface area contributed by atoms with Crippen molar-refractivity contribution in [1.29, 1.82) is 0 Å². The predicted octanol–water partition coefficient (Wildman–Crippen LogP) is 4.57. The molecule has 0 radical (unpaired) electrons. The molecule has 0 aromatic heterocycles. The van der Waals surface area contributed by atoms with E-state index in [0.717, 1.165) is 23.1 Å². The molecule has 1 aromatic rings. The molecular formula is C17H25FNOP. The molecule has 2 rings (SSSR count). The number of Topliss-reactive ketones (excluding diaryl/α,β-unsaturated/α-hetero) is 1. The number of hydrogen-bond donors (Lipinski definition) is 0. The molecule has 1 saturated carbocycles. The number of halogens is 1. The Kier molecular flexibility index (Phi) is 5.03. The lowest BCUT2D eigenvalue weighted by Gasteiger charge is -2.32. The van der Waals surface area contributed by atoms with Gasteiger partial charge < -0.3 is 4.67 Å². The third-order valence-electron chi connectivity index (χ3n) is 4.89. The molecular weight excluding hydrogens is 284 g/mol. The van der Waals surface area contributed by atoms with E-state index in [1.165, 1.54) is 0 Å². The average Bonchev–Trinajstić information content (AvgIpc) is 2.46. The molecule has 116 valence electrons. The highest BCUT2D eigenvalue weighted by Gasteiger charge is 2.32. The van der Waals surface area contributed by atoms with Crippen molar-refractivity contribution in [3.05, 3.63) is 28.6 Å². The summed E-state index contributed by atoms with van der Waals surface area (Å²) in [5, 5.41) is 0. The van der Waals surface area contributed by atoms with Gasteiger partial charge in [0.15, 0.2) is 5.82 Å². The number of anilines is 1. The summed E-state index contributed by atoms with van der Waals surface area (Å²) in [6, 6.07) is 1.93. The van der Waals surface area contributed by atoms with E-state index < -0.39 is 0 Å². The lowest BCUT2D eigenvalue weighted by molar-refractivity contribution is -0.121. The van der Waals surface area contributed by atoms with Crippen LogP contribution in [0.5, 0.6) is 0 Å². The zero-order valence-corrected chi connectivity index (χ0v) is 14.6. The second-order valence-electron chi connectivity index (χ2n) is 6.21. The minimum atomic E-state index is -0.124. The van der Waals surface area contributed by atoms with Gasteiger partial charge in [0.2, 0.25) is 0 Å². The number of ketones is 1. The first kappa shape index (κ1) is 16.4. The van der Waals surface area contributed by atoms with Gasteiger partial charge in [0.1, 0.15) is 5.78 Å². The van der Waals surface area contributed by atoms with E-state index in [0.29, 0.717) is 33.2 Å². The molecule has 2 nitrogen and oxygen atoms in total. The number of hydrogen-bond acceptors (Lipinski definition) is 2. The van der Waals surface area contributed by atoms with Gasteiger partial charge in [0.25, 0.3) is 0 Å². The van der Waals surface area contributed by atoms with Crippen LogP contribution in [0.4, 0.5) is 10.1 Å². The minimum absolute atomic E-state index is 0.0264. The summed E-state index contributed by atoms with van der Waals surface area (Å²) < 4.78 is 17.0. The molecule has 0 amide bonds. The molecule has 21 heavy (non-hydrogen) atoms. The van der Waals surface area contributed by atoms with Crippen molar-refractivity contribution in [2.24, 2.45) is 5.92 Å². The maximum Gasteiger partial charge on any atom is 0.150 e. The summed E-state index contributed by atoms with van der Waals surface area (Å²) in [5.74, 6) is 0.533. The summed E-state index contributed by atoms with van der Waals surface area (Å²) in [6.07, 6.45) is 2.00. The second-order valence-corrected chi connectivity index (χ2v) is 7.33. The fraction of sp³-hybridized carbons (Fsp3) is 0.588. The van der Waals surface area contributed by atoms with E-state index in [1.807, 2.05) is 38.3 Å². The summed E-state index contributed by atoms with van der Waals surface area (Å²) in [4.78, 5) is 11.8. The molecule has 3 unspecified atom stereocenters. The van der Waals surface area contributed by atoms with Crippen LogP contribution in [0.25, 0.3) is 0 Å². The van der Waals surface area contributed by atoms with Crippen molar-refractivity contribution in [1.82, 2.24) is 0 Å². The Bertz CT molecular complexity index is 558. The van der Waals surface area contributed by atoms with Crippen LogP contribution in [-0.4, -0.2) is 19.5 Å². The van der Waals surface area contributed by atoms with Crippen molar-refractivity contribution in [2.75, 3.05) is 18.4 Å². The van der Waals surface area contributed by atoms with E-state index >= 15 is 4.39 Å². The molecule has 0 aliphatic heterocycles. The normalized spacial score (nSPS) is 23.0. The van der Waals surface area contributed by atoms with Crippen molar-refractivity contribution in [3.8, 4) is 0 Å². The molecule has 1 aliphatic carbocycles. The predicted molar refractivity (Wildman–Crippen MR) is 89.3 cm³/mol. The van der Waals surface area contributed by atoms with Gasteiger partial charge >= 0.3 is 0 Å². The van der Waals surface area contributed by atoms with Gasteiger partial charge in [-0.3, -0.25) is 4.79 Å². The largest absolute Gasteiger partial charge is 0.354 e. The summed E-state index contributed by atoms with van der Waals surface area (Å²) in [5.41, 5.74) is 3.56. The maximum absolute atomic E-state index is 15.1. The molecule has 0 spiro atoms. The lowest BCUT2D eigenvalue weighted by atomic mass is 9.74. The molecule has 1 fully saturated rings. The molecule has 0 N–H and O–H groups in total. The van der Waals surface area contributed by atoms with Crippen LogP contribution in [0.1, 0.15) is 48.8 Å². The van der Waals surface area contributed by atoms with E-state index in [1.54, 1.807) is 0 Å². The third-order valence-corrected chi connectivity index (χ3v) is 5.80. The van der Waals surface area contributed by atoms with E-state index in [-0.39, 0.29) is 17.5 Å². The number of carbonyl (C=O) groups excluding carboxylic acids is 1. The highest BCUT2D eigenvalue weighted by molar-refractivity contribution is 7.39. The van der Waals surface area contributed by atoms with Gasteiger partial charge in [0.05, 0.1) is 5.69 Å². The first-order chi connectivity index (χ1) is 9.86. The first-order valence-corrected chi connectivity index (χ1v) is 9.04. The number of benzene rings is 1. The highest BCUT2D eigenvalue weighted by atomic mass is 31.1. The van der Waals surface area contributed by atoms with Crippen molar-refractivity contribution >= 4 is 20.2 Å². The Morgan fingerprint density at radius 3 is 2.67 bits per heavy atom. The van der Waals surface area contributed by atoms with Crippen molar-refractivity contribution in [3.63, 3.8) is 0 Å². The Labute approximate surface area is 128 Å². The number of carbonyl (C=O) groups is 1. The van der Waals surface area contributed by atoms with Crippen LogP contribution >= 0.6 is 8.73 Å². The molecule has 0 bridgehead atoms. The molecule has 3 atom stereocenters. The SMILES string of the molecule is CPN(C)c1cc(C)c(C)c(C2CC(=O)CCC2C)c1F. The van der Waals surface area contributed by atoms with Crippen LogP contribution in [0.3, 0.4) is 0 Å². The van der Waals surface area contributed by atoms with E-state index in [9.17, 15) is 4.79 Å². The van der Waals surface area contributed by atoms with Crippen LogP contribution in [0.15, 0.2) is 6.07 Å². The van der Waals surface area contributed by atoms with Crippen molar-refractivity contribution in [2.45, 2.75) is 46.0 Å². The standard InChI is InChI=1S/C17H25FNOP/c1-10-6-7-13(20)9-14(10)16-12(3)11(2)8-15(17(16)18)19(4)21-5/h8,10,14,21H,6-7,9H2,1-5H3. The van der Waals surface area contributed by atoms with Gasteiger partial charge in [-0.15, -0.1) is 0 Å². The minimum Gasteiger partial charge on any atom is -0.354 e. The Hall–Kier alpha value is -0.950. The van der Waals surface area contributed by atoms with Gasteiger partial charge in [-0.05, 0) is 70.3 Å². The van der Waals surface area contributed by atoms with Gasteiger partial charge in [0, 0.05) is 19.9 Å². The van der Waals surface area contributed by atoms with Crippen LogP contribution in [0.2, 0.25) is 0 Å². The molecule has 1 aliphatic rings. The Balaban J connectivity index is 2.56. The third kappa shape index (κ3) is 3.13. The summed E-state index contributed by atoms with van der Waals surface area (Å²) >= 11 is 0. The van der Waals surface area contributed by atoms with E-state index in [2.05, 4.69) is 6.92 Å². The Morgan fingerprint density at radius 1 is 1.38 bits per heavy atom. The van der Waals surface area contributed by atoms with Gasteiger partial charge in [-0.25, -0.2) is 4.39 Å². The fourth-order valence-corrected chi connectivity index (χ4v) is 3.63. The monoisotopic (exact) mass is 309 g/mol. The van der Waals surface area contributed by atoms with E-state index in [4.69, 9.17) is 0 Å². The zero-order valence-electron chi connectivity index (χ0n) is 13.6. The number of aryl methyl sites for hydroxylation is 1. The van der Waals surface area contributed by atoms with Gasteiger partial charge in [-0.1, -0.05) is 6.92 Å². The van der Waals surface area contributed by atoms with Gasteiger partial charge in [-0.2, -0.15) is 0 Å². The second kappa shape index (κ2) is 6.44. The van der Waals surface area contributed by atoms with Crippen molar-refractivity contribution < 1.29 is 9.18 Å². The highest BCUT2D eigenvalue weighted by Crippen LogP contribution is 2.42. The molecule has 4 heteroatoms. The average molecular weight is 309 g/mol. The topological polar surface area (TPSA) is 20.3 Å². The Morgan fingerprint density at radius 2 is 2.05 bits per heavy atom.